The first-order valence-electron chi connectivity index (χ1n) is 10.0. The van der Waals surface area contributed by atoms with Crippen molar-refractivity contribution in [3.8, 4) is 0 Å². The highest BCUT2D eigenvalue weighted by molar-refractivity contribution is 5.90. The molecule has 2 amide bonds. The number of carbonyl (C=O) groups excluding carboxylic acids is 2. The van der Waals surface area contributed by atoms with Gasteiger partial charge in [-0.15, -0.1) is 0 Å². The van der Waals surface area contributed by atoms with Crippen LogP contribution in [0.3, 0.4) is 0 Å². The average molecular weight is 392 g/mol. The van der Waals surface area contributed by atoms with Gasteiger partial charge < -0.3 is 20.1 Å². The molecule has 3 rings (SSSR count). The maximum absolute atomic E-state index is 13.4. The van der Waals surface area contributed by atoms with Gasteiger partial charge in [0.1, 0.15) is 17.7 Å². The summed E-state index contributed by atoms with van der Waals surface area (Å²) in [5.41, 5.74) is -1.28. The number of amides is 2. The molecule has 0 aromatic rings. The van der Waals surface area contributed by atoms with Crippen molar-refractivity contribution in [3.05, 3.63) is 12.2 Å². The second kappa shape index (κ2) is 6.78. The molecule has 156 valence electrons. The maximum Gasteiger partial charge on any atom is 0.408 e. The van der Waals surface area contributed by atoms with Crippen LogP contribution in [0.2, 0.25) is 0 Å². The molecule has 0 spiro atoms. The lowest BCUT2D eigenvalue weighted by atomic mass is 9.82. The Morgan fingerprint density at radius 3 is 2.25 bits per heavy atom. The van der Waals surface area contributed by atoms with E-state index in [1.54, 1.807) is 20.8 Å². The molecule has 2 aliphatic carbocycles. The van der Waals surface area contributed by atoms with Crippen molar-refractivity contribution < 1.29 is 24.2 Å². The third kappa shape index (κ3) is 3.76. The van der Waals surface area contributed by atoms with Gasteiger partial charge in [-0.1, -0.05) is 32.9 Å². The first-order chi connectivity index (χ1) is 12.8. The fraction of sp³-hybridized carbons (Fsp3) is 0.762. The van der Waals surface area contributed by atoms with Gasteiger partial charge in [0.2, 0.25) is 5.91 Å². The van der Waals surface area contributed by atoms with Crippen molar-refractivity contribution in [3.63, 3.8) is 0 Å². The molecule has 2 fully saturated rings. The number of nitrogens with one attached hydrogen (secondary N) is 1. The predicted octanol–water partition coefficient (Wildman–Crippen LogP) is 2.66. The number of fused-ring (bicyclic) bond motifs is 5. The highest BCUT2D eigenvalue weighted by Crippen LogP contribution is 2.54. The molecule has 1 saturated carbocycles. The van der Waals surface area contributed by atoms with E-state index in [4.69, 9.17) is 4.74 Å². The van der Waals surface area contributed by atoms with E-state index >= 15 is 0 Å². The second-order valence-corrected chi connectivity index (χ2v) is 10.4. The fourth-order valence-electron chi connectivity index (χ4n) is 5.00. The van der Waals surface area contributed by atoms with Gasteiger partial charge in [-0.05, 0) is 50.4 Å². The lowest BCUT2D eigenvalue weighted by Gasteiger charge is -2.36. The van der Waals surface area contributed by atoms with Crippen molar-refractivity contribution in [2.45, 2.75) is 65.6 Å². The van der Waals surface area contributed by atoms with E-state index in [2.05, 4.69) is 17.5 Å². The molecule has 2 N–H and O–H groups in total. The van der Waals surface area contributed by atoms with E-state index in [-0.39, 0.29) is 23.7 Å². The van der Waals surface area contributed by atoms with Gasteiger partial charge in [-0.25, -0.2) is 9.59 Å². The van der Waals surface area contributed by atoms with Crippen molar-refractivity contribution in [2.24, 2.45) is 29.1 Å². The van der Waals surface area contributed by atoms with E-state index in [0.717, 1.165) is 6.42 Å². The van der Waals surface area contributed by atoms with Crippen LogP contribution in [0.15, 0.2) is 12.2 Å². The number of carboxylic acids is 1. The number of hydrogen-bond donors (Lipinski definition) is 2. The van der Waals surface area contributed by atoms with Gasteiger partial charge in [0.15, 0.2) is 0 Å². The number of rotatable bonds is 3. The molecule has 0 aromatic heterocycles. The fourth-order valence-corrected chi connectivity index (χ4v) is 5.00. The molecule has 6 atom stereocenters. The molecular weight excluding hydrogens is 360 g/mol. The quantitative estimate of drug-likeness (QED) is 0.720. The number of carboxylic acid groups (broad SMARTS) is 1. The van der Waals surface area contributed by atoms with Crippen LogP contribution in [-0.4, -0.2) is 52.2 Å². The molecule has 0 unspecified atom stereocenters. The van der Waals surface area contributed by atoms with Gasteiger partial charge >= 0.3 is 12.1 Å². The Labute approximate surface area is 166 Å². The Kier molecular flexibility index (Phi) is 5.01. The molecule has 0 radical (unpaired) electrons. The van der Waals surface area contributed by atoms with Crippen molar-refractivity contribution >= 4 is 18.0 Å². The molecule has 1 saturated heterocycles. The Hall–Kier alpha value is -2.05. The van der Waals surface area contributed by atoms with E-state index in [0.29, 0.717) is 12.5 Å². The summed E-state index contributed by atoms with van der Waals surface area (Å²) in [6.07, 6.45) is 4.59. The minimum atomic E-state index is -0.966. The molecule has 7 heteroatoms. The van der Waals surface area contributed by atoms with E-state index in [9.17, 15) is 19.5 Å². The number of allylic oxidation sites excluding steroid dienone is 2. The first kappa shape index (κ1) is 20.7. The van der Waals surface area contributed by atoms with Crippen LogP contribution in [-0.2, 0) is 14.3 Å². The topological polar surface area (TPSA) is 95.9 Å². The maximum atomic E-state index is 13.4. The number of ether oxygens (including phenoxy) is 1. The minimum absolute atomic E-state index is 0.0430. The molecule has 7 nitrogen and oxygen atoms in total. The lowest BCUT2D eigenvalue weighted by molar-refractivity contribution is -0.151. The summed E-state index contributed by atoms with van der Waals surface area (Å²) in [4.78, 5) is 39.3. The number of nitrogens with zero attached hydrogens (tertiary/aromatic N) is 1. The molecule has 28 heavy (non-hydrogen) atoms. The van der Waals surface area contributed by atoms with Crippen LogP contribution in [0, 0.1) is 29.1 Å². The van der Waals surface area contributed by atoms with Gasteiger partial charge in [-0.2, -0.15) is 0 Å². The van der Waals surface area contributed by atoms with Crippen LogP contribution in [0.4, 0.5) is 4.79 Å². The largest absolute Gasteiger partial charge is 0.480 e. The minimum Gasteiger partial charge on any atom is -0.480 e. The third-order valence-electron chi connectivity index (χ3n) is 6.11. The molecule has 1 heterocycles. The predicted molar refractivity (Wildman–Crippen MR) is 103 cm³/mol. The highest BCUT2D eigenvalue weighted by atomic mass is 16.6. The van der Waals surface area contributed by atoms with Crippen LogP contribution < -0.4 is 5.32 Å². The van der Waals surface area contributed by atoms with Crippen LogP contribution in [0.1, 0.15) is 48.0 Å². The van der Waals surface area contributed by atoms with Crippen LogP contribution in [0.25, 0.3) is 0 Å². The van der Waals surface area contributed by atoms with E-state index in [1.165, 1.54) is 4.90 Å². The average Bonchev–Trinajstić information content (AvgIpc) is 3.19. The summed E-state index contributed by atoms with van der Waals surface area (Å²) in [6.45, 7) is 11.2. The van der Waals surface area contributed by atoms with Crippen molar-refractivity contribution in [2.75, 3.05) is 6.54 Å². The molecule has 3 aliphatic rings. The zero-order valence-corrected chi connectivity index (χ0v) is 17.6. The summed E-state index contributed by atoms with van der Waals surface area (Å²) < 4.78 is 5.32. The monoisotopic (exact) mass is 392 g/mol. The summed E-state index contributed by atoms with van der Waals surface area (Å²) >= 11 is 0. The van der Waals surface area contributed by atoms with Crippen LogP contribution >= 0.6 is 0 Å². The molecule has 0 aromatic carbocycles. The summed E-state index contributed by atoms with van der Waals surface area (Å²) in [7, 11) is 0. The van der Waals surface area contributed by atoms with E-state index in [1.807, 2.05) is 20.8 Å². The Morgan fingerprint density at radius 2 is 1.71 bits per heavy atom. The zero-order chi connectivity index (χ0) is 21.0. The Bertz CT molecular complexity index is 703. The standard InChI is InChI=1S/C21H32N2O5/c1-20(2,3)16(22-19(27)28-21(4,5)6)17(24)23-10-13-11-7-8-12(9-11)14(13)15(23)18(25)26/h7-8,11-16H,9-10H2,1-6H3,(H,22,27)(H,25,26)/t11-,12+,13-,14+,15+,16-/m1/s1. The molecular formula is C21H32N2O5. The number of alkyl carbamates (subject to hydrolysis) is 1. The summed E-state index contributed by atoms with van der Waals surface area (Å²) in [5, 5.41) is 12.6. The van der Waals surface area contributed by atoms with Crippen molar-refractivity contribution in [1.82, 2.24) is 10.2 Å². The molecule has 1 aliphatic heterocycles. The van der Waals surface area contributed by atoms with Gasteiger partial charge in [0, 0.05) is 12.5 Å². The van der Waals surface area contributed by atoms with Gasteiger partial charge in [0.25, 0.3) is 0 Å². The number of carbonyl (C=O) groups is 3. The third-order valence-corrected chi connectivity index (χ3v) is 6.11. The van der Waals surface area contributed by atoms with Gasteiger partial charge in [0.05, 0.1) is 0 Å². The number of likely N-dealkylation sites (tertiary alicyclic amines) is 1. The van der Waals surface area contributed by atoms with Crippen molar-refractivity contribution in [1.29, 1.82) is 0 Å². The lowest BCUT2D eigenvalue weighted by Crippen LogP contribution is -2.58. The first-order valence-corrected chi connectivity index (χ1v) is 10.0. The highest BCUT2D eigenvalue weighted by Gasteiger charge is 2.59. The molecule has 2 bridgehead atoms. The van der Waals surface area contributed by atoms with E-state index < -0.39 is 35.2 Å². The van der Waals surface area contributed by atoms with Gasteiger partial charge in [-0.3, -0.25) is 4.79 Å². The number of hydrogen-bond acceptors (Lipinski definition) is 4. The Morgan fingerprint density at radius 1 is 1.11 bits per heavy atom. The van der Waals surface area contributed by atoms with Crippen LogP contribution in [0.5, 0.6) is 0 Å². The summed E-state index contributed by atoms with van der Waals surface area (Å²) in [5.74, 6) is -0.602. The number of aliphatic carboxylic acids is 1. The Balaban J connectivity index is 1.82. The normalized spacial score (nSPS) is 32.2. The second-order valence-electron chi connectivity index (χ2n) is 10.4. The SMILES string of the molecule is CC(C)(C)OC(=O)N[C@H](C(=O)N1C[C@H]2[C@@H]([C@H]1C(=O)O)[C@H]1C=C[C@@H]2C1)C(C)(C)C. The smallest absolute Gasteiger partial charge is 0.408 e. The summed E-state index contributed by atoms with van der Waals surface area (Å²) in [6, 6.07) is -1.71. The zero-order valence-electron chi connectivity index (χ0n) is 17.6.